The van der Waals surface area contributed by atoms with Crippen LogP contribution in [0.4, 0.5) is 11.4 Å². The molecule has 2 aromatic carbocycles. The van der Waals surface area contributed by atoms with Gasteiger partial charge >= 0.3 is 0 Å². The third-order valence-corrected chi connectivity index (χ3v) is 7.50. The molecule has 0 aliphatic heterocycles. The van der Waals surface area contributed by atoms with Gasteiger partial charge in [-0.05, 0) is 80.5 Å². The van der Waals surface area contributed by atoms with Crippen LogP contribution in [0, 0.1) is 0 Å². The number of azo groups is 1. The summed E-state index contributed by atoms with van der Waals surface area (Å²) in [6.07, 6.45) is 19.5. The first-order chi connectivity index (χ1) is 19.0. The molecule has 226 valence electrons. The van der Waals surface area contributed by atoms with E-state index < -0.39 is 0 Å². The largest absolute Gasteiger partial charge is 1.00 e. The van der Waals surface area contributed by atoms with Gasteiger partial charge < -0.3 is 31.3 Å². The van der Waals surface area contributed by atoms with E-state index >= 15 is 0 Å². The highest BCUT2D eigenvalue weighted by molar-refractivity contribution is 5.43. The van der Waals surface area contributed by atoms with Crippen LogP contribution < -0.4 is 21.7 Å². The smallest absolute Gasteiger partial charge is 0.119 e. The van der Waals surface area contributed by atoms with Gasteiger partial charge in [0, 0.05) is 0 Å². The molecule has 0 bridgehead atoms. The molecular weight excluding hydrogens is 562 g/mol. The third kappa shape index (κ3) is 17.8. The molecule has 0 aliphatic carbocycles. The van der Waals surface area contributed by atoms with E-state index in [1.165, 1.54) is 89.0 Å². The number of likely N-dealkylation sites (N-methyl/N-ethyl adjacent to an activating group) is 1. The predicted octanol–water partition coefficient (Wildman–Crippen LogP) is 6.58. The summed E-state index contributed by atoms with van der Waals surface area (Å²) in [4.78, 5) is 0. The molecule has 0 spiro atoms. The van der Waals surface area contributed by atoms with Crippen molar-refractivity contribution in [3.8, 4) is 5.75 Å². The van der Waals surface area contributed by atoms with E-state index in [1.54, 1.807) is 0 Å². The molecule has 0 aliphatic rings. The Morgan fingerprint density at radius 1 is 0.625 bits per heavy atom. The Labute approximate surface area is 255 Å². The molecule has 0 unspecified atom stereocenters. The van der Waals surface area contributed by atoms with Crippen LogP contribution in [-0.2, 0) is 6.42 Å². The van der Waals surface area contributed by atoms with Crippen molar-refractivity contribution in [3.63, 3.8) is 0 Å². The molecule has 5 nitrogen and oxygen atoms in total. The Bertz CT molecular complexity index is 885. The number of nitrogens with zero attached hydrogens (tertiary/aromatic N) is 3. The molecule has 0 heterocycles. The summed E-state index contributed by atoms with van der Waals surface area (Å²) < 4.78 is 6.78. The van der Waals surface area contributed by atoms with E-state index in [9.17, 15) is 0 Å². The zero-order valence-corrected chi connectivity index (χ0v) is 27.2. The fraction of sp³-hybridized carbons (Fsp3) is 0.647. The van der Waals surface area contributed by atoms with Crippen molar-refractivity contribution < 1.29 is 31.3 Å². The number of aliphatic hydroxyl groups is 1. The molecule has 40 heavy (non-hydrogen) atoms. The second-order valence-corrected chi connectivity index (χ2v) is 11.7. The lowest BCUT2D eigenvalue weighted by Gasteiger charge is -2.28. The molecule has 0 atom stereocenters. The van der Waals surface area contributed by atoms with Gasteiger partial charge in [0.2, 0.25) is 0 Å². The van der Waals surface area contributed by atoms with Crippen molar-refractivity contribution in [3.05, 3.63) is 54.1 Å². The van der Waals surface area contributed by atoms with E-state index in [2.05, 4.69) is 55.5 Å². The van der Waals surface area contributed by atoms with Crippen LogP contribution in [0.1, 0.15) is 102 Å². The summed E-state index contributed by atoms with van der Waals surface area (Å²) in [6.45, 7) is 5.21. The summed E-state index contributed by atoms with van der Waals surface area (Å²) >= 11 is 0. The SMILES string of the molecule is CCCCCCCCCCCCc1ccc(N=Nc2ccc(OCCCCCC[N+](C)(C)CCO)cc2)cc1.[Br-]. The standard InChI is InChI=1S/C34H56N3O2.BrH/c1-4-5-6-7-8-9-10-11-12-15-18-31-19-21-32(22-20-31)35-36-33-23-25-34(26-24-33)39-30-17-14-13-16-27-37(2,3)28-29-38;/h19-26,38H,4-18,27-30H2,1-3H3;1H/q+1;/p-1. The highest BCUT2D eigenvalue weighted by Crippen LogP contribution is 2.22. The summed E-state index contributed by atoms with van der Waals surface area (Å²) in [5.41, 5.74) is 3.11. The Kier molecular flexibility index (Phi) is 20.7. The number of benzene rings is 2. The minimum Gasteiger partial charge on any atom is -1.00 e. The maximum absolute atomic E-state index is 9.11. The quantitative estimate of drug-likeness (QED) is 0.0870. The monoisotopic (exact) mass is 617 g/mol. The van der Waals surface area contributed by atoms with E-state index in [0.717, 1.165) is 54.1 Å². The highest BCUT2D eigenvalue weighted by atomic mass is 79.9. The van der Waals surface area contributed by atoms with Gasteiger partial charge in [-0.3, -0.25) is 0 Å². The molecule has 0 radical (unpaired) electrons. The molecule has 0 fully saturated rings. The minimum absolute atomic E-state index is 0. The molecule has 1 N–H and O–H groups in total. The lowest BCUT2D eigenvalue weighted by molar-refractivity contribution is -0.890. The maximum Gasteiger partial charge on any atom is 0.119 e. The first-order valence-electron chi connectivity index (χ1n) is 15.7. The number of ether oxygens (including phenoxy) is 1. The fourth-order valence-corrected chi connectivity index (χ4v) is 4.84. The number of hydrogen-bond donors (Lipinski definition) is 1. The molecule has 0 amide bonds. The average molecular weight is 619 g/mol. The third-order valence-electron chi connectivity index (χ3n) is 7.50. The van der Waals surface area contributed by atoms with Crippen LogP contribution in [0.3, 0.4) is 0 Å². The van der Waals surface area contributed by atoms with Gasteiger partial charge in [0.1, 0.15) is 12.3 Å². The van der Waals surface area contributed by atoms with E-state index in [4.69, 9.17) is 9.84 Å². The van der Waals surface area contributed by atoms with Crippen molar-refractivity contribution in [1.82, 2.24) is 0 Å². The molecule has 2 aromatic rings. The summed E-state index contributed by atoms with van der Waals surface area (Å²) in [7, 11) is 4.36. The van der Waals surface area contributed by atoms with Crippen LogP contribution in [0.25, 0.3) is 0 Å². The Morgan fingerprint density at radius 3 is 1.70 bits per heavy atom. The van der Waals surface area contributed by atoms with E-state index in [-0.39, 0.29) is 23.6 Å². The van der Waals surface area contributed by atoms with Gasteiger partial charge in [0.15, 0.2) is 0 Å². The van der Waals surface area contributed by atoms with Crippen molar-refractivity contribution in [2.45, 2.75) is 103 Å². The Balaban J connectivity index is 0.00000800. The lowest BCUT2D eigenvalue weighted by Crippen LogP contribution is -3.00. The van der Waals surface area contributed by atoms with Crippen LogP contribution >= 0.6 is 0 Å². The first-order valence-corrected chi connectivity index (χ1v) is 15.7. The van der Waals surface area contributed by atoms with Gasteiger partial charge in [-0.1, -0.05) is 76.8 Å². The molecule has 0 saturated carbocycles. The van der Waals surface area contributed by atoms with Gasteiger partial charge in [0.05, 0.1) is 45.2 Å². The van der Waals surface area contributed by atoms with Crippen molar-refractivity contribution in [1.29, 1.82) is 0 Å². The number of rotatable bonds is 23. The normalized spacial score (nSPS) is 11.6. The summed E-state index contributed by atoms with van der Waals surface area (Å²) in [6, 6.07) is 16.4. The van der Waals surface area contributed by atoms with Crippen LogP contribution in [0.5, 0.6) is 5.75 Å². The zero-order chi connectivity index (χ0) is 28.0. The van der Waals surface area contributed by atoms with Crippen LogP contribution in [-0.4, -0.2) is 50.0 Å². The van der Waals surface area contributed by atoms with Gasteiger partial charge in [0.25, 0.3) is 0 Å². The van der Waals surface area contributed by atoms with Crippen LogP contribution in [0.2, 0.25) is 0 Å². The van der Waals surface area contributed by atoms with E-state index in [1.807, 2.05) is 24.3 Å². The molecule has 0 aromatic heterocycles. The van der Waals surface area contributed by atoms with E-state index in [0.29, 0.717) is 0 Å². The second-order valence-electron chi connectivity index (χ2n) is 11.7. The fourth-order valence-electron chi connectivity index (χ4n) is 4.84. The topological polar surface area (TPSA) is 54.2 Å². The number of unbranched alkanes of at least 4 members (excludes halogenated alkanes) is 12. The zero-order valence-electron chi connectivity index (χ0n) is 25.6. The molecular formula is C34H56BrN3O2. The highest BCUT2D eigenvalue weighted by Gasteiger charge is 2.12. The predicted molar refractivity (Wildman–Crippen MR) is 165 cm³/mol. The lowest BCUT2D eigenvalue weighted by atomic mass is 10.0. The number of hydrogen-bond acceptors (Lipinski definition) is 4. The summed E-state index contributed by atoms with van der Waals surface area (Å²) in [5, 5.41) is 17.9. The number of aliphatic hydroxyl groups excluding tert-OH is 1. The molecule has 6 heteroatoms. The van der Waals surface area contributed by atoms with Crippen molar-refractivity contribution >= 4 is 11.4 Å². The first kappa shape index (κ1) is 36.3. The van der Waals surface area contributed by atoms with Crippen molar-refractivity contribution in [2.24, 2.45) is 10.2 Å². The van der Waals surface area contributed by atoms with Gasteiger partial charge in [-0.2, -0.15) is 10.2 Å². The number of quaternary nitrogens is 1. The average Bonchev–Trinajstić information content (AvgIpc) is 2.93. The molecule has 2 rings (SSSR count). The van der Waals surface area contributed by atoms with Crippen LogP contribution in [0.15, 0.2) is 58.8 Å². The van der Waals surface area contributed by atoms with Gasteiger partial charge in [-0.15, -0.1) is 0 Å². The Morgan fingerprint density at radius 2 is 1.12 bits per heavy atom. The van der Waals surface area contributed by atoms with Crippen molar-refractivity contribution in [2.75, 3.05) is 40.4 Å². The number of halogens is 1. The maximum atomic E-state index is 9.11. The minimum atomic E-state index is 0. The second kappa shape index (κ2) is 22.9. The summed E-state index contributed by atoms with van der Waals surface area (Å²) in [5.74, 6) is 0.881. The molecule has 0 saturated heterocycles. The Hall–Kier alpha value is -1.76. The number of aryl methyl sites for hydroxylation is 1. The van der Waals surface area contributed by atoms with Gasteiger partial charge in [-0.25, -0.2) is 0 Å².